The first kappa shape index (κ1) is 23.7. The van der Waals surface area contributed by atoms with Crippen LogP contribution in [-0.4, -0.2) is 7.63 Å². The van der Waals surface area contributed by atoms with Crippen LogP contribution in [0.25, 0.3) is 11.1 Å². The van der Waals surface area contributed by atoms with Gasteiger partial charge in [-0.25, -0.2) is 0 Å². The zero-order valence-electron chi connectivity index (χ0n) is 17.4. The molecule has 0 bridgehead atoms. The van der Waals surface area contributed by atoms with Gasteiger partial charge in [-0.2, -0.15) is 0 Å². The van der Waals surface area contributed by atoms with Gasteiger partial charge in [0.2, 0.25) is 0 Å². The minimum atomic E-state index is -3.00. The first-order valence-electron chi connectivity index (χ1n) is 10.1. The maximum absolute atomic E-state index is 3.00. The second-order valence-electron chi connectivity index (χ2n) is 9.02. The second-order valence-corrected chi connectivity index (χ2v) is 27.8. The molecule has 0 saturated heterocycles. The van der Waals surface area contributed by atoms with E-state index in [2.05, 4.69) is 86.6 Å². The summed E-state index contributed by atoms with van der Waals surface area (Å²) >= 11 is -3.00. The summed E-state index contributed by atoms with van der Waals surface area (Å²) in [6, 6.07) is 16.1. The molecule has 4 heteroatoms. The van der Waals surface area contributed by atoms with Crippen LogP contribution in [-0.2, 0) is 20.5 Å². The molecule has 28 heavy (non-hydrogen) atoms. The van der Waals surface area contributed by atoms with Crippen LogP contribution in [0.15, 0.2) is 64.1 Å². The van der Waals surface area contributed by atoms with E-state index in [9.17, 15) is 0 Å². The molecule has 2 aromatic carbocycles. The molecule has 0 amide bonds. The van der Waals surface area contributed by atoms with Crippen molar-refractivity contribution in [2.24, 2.45) is 5.92 Å². The van der Waals surface area contributed by atoms with Crippen LogP contribution >= 0.6 is 24.8 Å². The smallest absolute Gasteiger partial charge is 0.147 e. The Morgan fingerprint density at radius 1 is 0.964 bits per heavy atom. The van der Waals surface area contributed by atoms with Gasteiger partial charge in [0.15, 0.2) is 0 Å². The van der Waals surface area contributed by atoms with E-state index < -0.39 is 14.0 Å². The molecule has 2 aliphatic rings. The van der Waals surface area contributed by atoms with E-state index in [1.54, 1.807) is 15.0 Å². The summed E-state index contributed by atoms with van der Waals surface area (Å²) in [5.41, 5.74) is 7.69. The van der Waals surface area contributed by atoms with Crippen molar-refractivity contribution in [3.8, 4) is 11.1 Å². The van der Waals surface area contributed by atoms with Gasteiger partial charge >= 0.3 is 161 Å². The van der Waals surface area contributed by atoms with Crippen LogP contribution in [0.4, 0.5) is 0 Å². The summed E-state index contributed by atoms with van der Waals surface area (Å²) in [6.07, 6.45) is 8.42. The molecule has 0 radical (unpaired) electrons. The van der Waals surface area contributed by atoms with Crippen LogP contribution < -0.4 is 3.87 Å². The van der Waals surface area contributed by atoms with E-state index in [1.165, 1.54) is 23.1 Å². The zero-order valence-corrected chi connectivity index (χ0v) is 22.0. The van der Waals surface area contributed by atoms with E-state index in [0.29, 0.717) is 5.92 Å². The number of hydrogen-bond acceptors (Lipinski definition) is 0. The predicted molar refractivity (Wildman–Crippen MR) is 129 cm³/mol. The molecule has 0 aromatic heterocycles. The quantitative estimate of drug-likeness (QED) is 0.394. The van der Waals surface area contributed by atoms with E-state index in [4.69, 9.17) is 0 Å². The molecule has 2 aliphatic carbocycles. The standard InChI is InChI=1S/C13H9.C9H13.2CH3.2ClH.H2Si.Ti/c1-3-7-12-10(5-1)9-11-6-2-4-8-13(11)12;1-3-8-5-6-9(4-2)7-8;;;;;;/h1-5,7-8H,9H2;5-6,8H,3-4H2,1-2H3;2*1H3;2*1H;1H2;. The molecule has 4 rings (SSSR count). The fourth-order valence-corrected chi connectivity index (χ4v) is 16.5. The predicted octanol–water partition coefficient (Wildman–Crippen LogP) is 6.32. The summed E-state index contributed by atoms with van der Waals surface area (Å²) in [5, 5.41) is 5.32. The van der Waals surface area contributed by atoms with Gasteiger partial charge in [-0.05, 0) is 0 Å². The molecule has 0 spiro atoms. The fourth-order valence-electron chi connectivity index (χ4n) is 5.47. The minimum absolute atomic E-state index is 0. The van der Waals surface area contributed by atoms with Gasteiger partial charge in [0.05, 0.1) is 0 Å². The van der Waals surface area contributed by atoms with Crippen LogP contribution in [0, 0.1) is 5.92 Å². The molecule has 150 valence electrons. The first-order chi connectivity index (χ1) is 12.4. The Balaban J connectivity index is 0.00000140. The fraction of sp³-hybridized carbons (Fsp3) is 0.333. The zero-order chi connectivity index (χ0) is 18.6. The van der Waals surface area contributed by atoms with Crippen molar-refractivity contribution >= 4 is 36.3 Å². The van der Waals surface area contributed by atoms with Gasteiger partial charge in [0, 0.05) is 0 Å². The Kier molecular flexibility index (Phi) is 7.01. The summed E-state index contributed by atoms with van der Waals surface area (Å²) in [7, 11) is 2.38. The van der Waals surface area contributed by atoms with E-state index in [0.717, 1.165) is 12.8 Å². The Morgan fingerprint density at radius 2 is 1.64 bits per heavy atom. The summed E-state index contributed by atoms with van der Waals surface area (Å²) in [6.45, 7) is 4.68. The van der Waals surface area contributed by atoms with Gasteiger partial charge in [-0.3, -0.25) is 0 Å². The van der Waals surface area contributed by atoms with Crippen LogP contribution in [0.1, 0.15) is 37.8 Å². The average molecular weight is 467 g/mol. The number of allylic oxidation sites excluding steroid dienone is 4. The third kappa shape index (κ3) is 3.55. The molecular weight excluding hydrogens is 435 g/mol. The molecule has 0 fully saturated rings. The molecule has 0 saturated carbocycles. The van der Waals surface area contributed by atoms with Crippen LogP contribution in [0.5, 0.6) is 0 Å². The SMILES string of the molecule is CCC1=[C]([Ti]([CH3])([CH3])(=[SiH2])[c]2cccc3c2Cc2ccccc2-3)C(CC)C=C1.Cl.Cl. The Hall–Kier alpha value is -0.569. The van der Waals surface area contributed by atoms with Gasteiger partial charge in [0.1, 0.15) is 0 Å². The summed E-state index contributed by atoms with van der Waals surface area (Å²) < 4.78 is 3.53. The minimum Gasteiger partial charge on any atom is -0.147 e. The van der Waals surface area contributed by atoms with Crippen molar-refractivity contribution in [1.82, 2.24) is 0 Å². The van der Waals surface area contributed by atoms with Crippen LogP contribution in [0.2, 0.25) is 10.5 Å². The largest absolute Gasteiger partial charge is 0.147 e. The third-order valence-electron chi connectivity index (χ3n) is 6.65. The van der Waals surface area contributed by atoms with Crippen molar-refractivity contribution in [1.29, 1.82) is 0 Å². The van der Waals surface area contributed by atoms with Gasteiger partial charge < -0.3 is 0 Å². The van der Waals surface area contributed by atoms with E-state index >= 15 is 0 Å². The van der Waals surface area contributed by atoms with Crippen molar-refractivity contribution in [2.45, 2.75) is 43.6 Å². The number of hydrogen-bond donors (Lipinski definition) is 0. The van der Waals surface area contributed by atoms with Crippen molar-refractivity contribution in [3.63, 3.8) is 0 Å². The molecule has 0 N–H and O–H groups in total. The van der Waals surface area contributed by atoms with Crippen molar-refractivity contribution < 1.29 is 14.0 Å². The maximum atomic E-state index is 2.66. The van der Waals surface area contributed by atoms with Gasteiger partial charge in [-0.1, -0.05) is 0 Å². The third-order valence-corrected chi connectivity index (χ3v) is 17.0. The van der Waals surface area contributed by atoms with Crippen molar-refractivity contribution in [2.75, 3.05) is 0 Å². The Morgan fingerprint density at radius 3 is 2.32 bits per heavy atom. The van der Waals surface area contributed by atoms with Gasteiger partial charge in [0.25, 0.3) is 0 Å². The summed E-state index contributed by atoms with van der Waals surface area (Å²) in [5.74, 6) is 0.647. The van der Waals surface area contributed by atoms with E-state index in [-0.39, 0.29) is 24.8 Å². The maximum Gasteiger partial charge on any atom is -0.147 e. The number of fused-ring (bicyclic) bond motifs is 3. The molecule has 0 heterocycles. The molecular formula is C24H32Cl2SiTi. The number of halogens is 2. The van der Waals surface area contributed by atoms with E-state index in [1.807, 2.05) is 3.88 Å². The molecule has 1 unspecified atom stereocenters. The van der Waals surface area contributed by atoms with Gasteiger partial charge in [-0.15, -0.1) is 24.8 Å². The van der Waals surface area contributed by atoms with Crippen molar-refractivity contribution in [3.05, 3.63) is 75.2 Å². The summed E-state index contributed by atoms with van der Waals surface area (Å²) in [4.78, 5) is 0. The first-order valence-corrected chi connectivity index (χ1v) is 18.8. The Bertz CT molecular complexity index is 1030. The number of rotatable bonds is 4. The number of benzene rings is 2. The normalized spacial score (nSPS) is 17.7. The average Bonchev–Trinajstić information content (AvgIpc) is 3.22. The Labute approximate surface area is 185 Å². The molecule has 0 nitrogen and oxygen atoms in total. The molecule has 1 atom stereocenters. The second kappa shape index (κ2) is 8.28. The molecule has 2 aromatic rings. The monoisotopic (exact) mass is 466 g/mol. The topological polar surface area (TPSA) is 0 Å². The molecule has 0 aliphatic heterocycles. The van der Waals surface area contributed by atoms with Crippen LogP contribution in [0.3, 0.4) is 0 Å².